The summed E-state index contributed by atoms with van der Waals surface area (Å²) < 4.78 is 1.95. The lowest BCUT2D eigenvalue weighted by Gasteiger charge is -2.34. The summed E-state index contributed by atoms with van der Waals surface area (Å²) in [6.45, 7) is 6.94. The average molecular weight is 438 g/mol. The van der Waals surface area contributed by atoms with Crippen LogP contribution in [0.2, 0.25) is 0 Å². The van der Waals surface area contributed by atoms with Crippen LogP contribution in [0.4, 0.5) is 5.69 Å². The summed E-state index contributed by atoms with van der Waals surface area (Å²) in [5.74, 6) is 0.380. The summed E-state index contributed by atoms with van der Waals surface area (Å²) in [6, 6.07) is 6.11. The van der Waals surface area contributed by atoms with E-state index in [0.29, 0.717) is 26.1 Å². The Balaban J connectivity index is 1.32. The van der Waals surface area contributed by atoms with Crippen molar-refractivity contribution in [3.8, 4) is 0 Å². The van der Waals surface area contributed by atoms with Gasteiger partial charge < -0.3 is 19.7 Å². The normalized spacial score (nSPS) is 19.1. The van der Waals surface area contributed by atoms with Gasteiger partial charge in [0.15, 0.2) is 0 Å². The Morgan fingerprint density at radius 3 is 2.75 bits per heavy atom. The quantitative estimate of drug-likeness (QED) is 0.722. The van der Waals surface area contributed by atoms with E-state index in [9.17, 15) is 9.59 Å². The number of benzene rings is 1. The molecule has 7 heteroatoms. The van der Waals surface area contributed by atoms with Gasteiger partial charge in [-0.1, -0.05) is 6.07 Å². The highest BCUT2D eigenvalue weighted by Gasteiger charge is 2.27. The first kappa shape index (κ1) is 22.4. The molecular weight excluding hydrogens is 402 g/mol. The molecule has 4 rings (SSSR count). The molecule has 0 bridgehead atoms. The minimum absolute atomic E-state index is 0.0627. The fourth-order valence-electron chi connectivity index (χ4n) is 5.00. The van der Waals surface area contributed by atoms with Crippen LogP contribution < -0.4 is 10.2 Å². The number of carbonyl (C=O) groups is 2. The SMILES string of the molecule is Cc1c(C(=O)N2CCC[C@@H](CC(=O)NCCn3ccnc3)C2)cccc1N1CCCCC1. The third-order valence-corrected chi connectivity index (χ3v) is 6.76. The monoisotopic (exact) mass is 437 g/mol. The maximum atomic E-state index is 13.4. The van der Waals surface area contributed by atoms with Crippen LogP contribution in [0, 0.1) is 12.8 Å². The lowest BCUT2D eigenvalue weighted by Crippen LogP contribution is -2.42. The molecule has 2 aliphatic rings. The molecule has 1 aromatic carbocycles. The van der Waals surface area contributed by atoms with Crippen LogP contribution in [0.25, 0.3) is 0 Å². The van der Waals surface area contributed by atoms with Gasteiger partial charge >= 0.3 is 0 Å². The van der Waals surface area contributed by atoms with Crippen molar-refractivity contribution in [1.82, 2.24) is 19.8 Å². The molecule has 0 unspecified atom stereocenters. The highest BCUT2D eigenvalue weighted by molar-refractivity contribution is 5.97. The highest BCUT2D eigenvalue weighted by Crippen LogP contribution is 2.28. The zero-order valence-electron chi connectivity index (χ0n) is 19.1. The van der Waals surface area contributed by atoms with Crippen LogP contribution in [-0.4, -0.2) is 59.0 Å². The number of nitrogens with one attached hydrogen (secondary N) is 1. The van der Waals surface area contributed by atoms with Crippen molar-refractivity contribution in [2.75, 3.05) is 37.6 Å². The van der Waals surface area contributed by atoms with E-state index < -0.39 is 0 Å². The maximum absolute atomic E-state index is 13.4. The van der Waals surface area contributed by atoms with E-state index in [4.69, 9.17) is 0 Å². The van der Waals surface area contributed by atoms with Gasteiger partial charge in [-0.3, -0.25) is 9.59 Å². The minimum atomic E-state index is 0.0627. The maximum Gasteiger partial charge on any atom is 0.254 e. The van der Waals surface area contributed by atoms with Crippen LogP contribution in [0.3, 0.4) is 0 Å². The lowest BCUT2D eigenvalue weighted by molar-refractivity contribution is -0.122. The summed E-state index contributed by atoms with van der Waals surface area (Å²) in [6.07, 6.45) is 11.5. The molecule has 0 aliphatic carbocycles. The predicted octanol–water partition coefficient (Wildman–Crippen LogP) is 3.24. The first-order chi connectivity index (χ1) is 15.6. The number of aromatic nitrogens is 2. The molecule has 1 aromatic heterocycles. The molecule has 1 N–H and O–H groups in total. The first-order valence-corrected chi connectivity index (χ1v) is 12.0. The molecule has 2 fully saturated rings. The molecule has 0 radical (unpaired) electrons. The molecule has 2 amide bonds. The standard InChI is InChI=1S/C25H35N5O2/c1-20-22(8-5-9-23(20)29-12-3-2-4-13-29)25(32)30-14-6-7-21(18-30)17-24(31)27-11-16-28-15-10-26-19-28/h5,8-10,15,19,21H,2-4,6-7,11-14,16-18H2,1H3,(H,27,31)/t21-/m0/s1. The molecule has 172 valence electrons. The summed E-state index contributed by atoms with van der Waals surface area (Å²) in [7, 11) is 0. The number of piperidine rings is 2. The Morgan fingerprint density at radius 2 is 1.97 bits per heavy atom. The van der Waals surface area contributed by atoms with Gasteiger partial charge in [0.05, 0.1) is 6.33 Å². The molecule has 0 spiro atoms. The molecule has 7 nitrogen and oxygen atoms in total. The number of hydrogen-bond acceptors (Lipinski definition) is 4. The van der Waals surface area contributed by atoms with Crippen molar-refractivity contribution in [1.29, 1.82) is 0 Å². The molecule has 2 aliphatic heterocycles. The zero-order valence-corrected chi connectivity index (χ0v) is 19.1. The predicted molar refractivity (Wildman–Crippen MR) is 126 cm³/mol. The first-order valence-electron chi connectivity index (χ1n) is 12.0. The van der Waals surface area contributed by atoms with Crippen molar-refractivity contribution in [3.05, 3.63) is 48.0 Å². The number of likely N-dealkylation sites (tertiary alicyclic amines) is 1. The molecule has 1 atom stereocenters. The van der Waals surface area contributed by atoms with Gasteiger partial charge in [0.25, 0.3) is 5.91 Å². The minimum Gasteiger partial charge on any atom is -0.371 e. The molecule has 2 aromatic rings. The smallest absolute Gasteiger partial charge is 0.254 e. The Bertz CT molecular complexity index is 905. The van der Waals surface area contributed by atoms with Gasteiger partial charge in [0, 0.05) is 69.3 Å². The average Bonchev–Trinajstić information content (AvgIpc) is 3.33. The van der Waals surface area contributed by atoms with Crippen molar-refractivity contribution in [2.24, 2.45) is 5.92 Å². The van der Waals surface area contributed by atoms with E-state index in [0.717, 1.165) is 43.6 Å². The van der Waals surface area contributed by atoms with E-state index in [2.05, 4.69) is 28.2 Å². The Hall–Kier alpha value is -2.83. The van der Waals surface area contributed by atoms with Crippen LogP contribution in [0.1, 0.15) is 54.4 Å². The summed E-state index contributed by atoms with van der Waals surface area (Å²) in [5.41, 5.74) is 3.08. The number of nitrogens with zero attached hydrogens (tertiary/aromatic N) is 4. The fourth-order valence-corrected chi connectivity index (χ4v) is 5.00. The second-order valence-electron chi connectivity index (χ2n) is 9.11. The van der Waals surface area contributed by atoms with E-state index >= 15 is 0 Å². The molecular formula is C25H35N5O2. The van der Waals surface area contributed by atoms with Gasteiger partial charge in [-0.05, 0) is 62.6 Å². The number of hydrogen-bond donors (Lipinski definition) is 1. The van der Waals surface area contributed by atoms with Gasteiger partial charge in [0.2, 0.25) is 5.91 Å². The Kier molecular flexibility index (Phi) is 7.45. The van der Waals surface area contributed by atoms with Crippen molar-refractivity contribution in [2.45, 2.75) is 52.0 Å². The molecule has 3 heterocycles. The zero-order chi connectivity index (χ0) is 22.3. The summed E-state index contributed by atoms with van der Waals surface area (Å²) >= 11 is 0. The highest BCUT2D eigenvalue weighted by atomic mass is 16.2. The number of anilines is 1. The van der Waals surface area contributed by atoms with E-state index in [1.54, 1.807) is 12.5 Å². The van der Waals surface area contributed by atoms with Crippen molar-refractivity contribution < 1.29 is 9.59 Å². The van der Waals surface area contributed by atoms with E-state index in [1.807, 2.05) is 27.8 Å². The van der Waals surface area contributed by atoms with Gasteiger partial charge in [-0.2, -0.15) is 0 Å². The van der Waals surface area contributed by atoms with Gasteiger partial charge in [-0.15, -0.1) is 0 Å². The topological polar surface area (TPSA) is 70.5 Å². The van der Waals surface area contributed by atoms with E-state index in [-0.39, 0.29) is 17.7 Å². The Labute approximate surface area is 190 Å². The third-order valence-electron chi connectivity index (χ3n) is 6.76. The van der Waals surface area contributed by atoms with Gasteiger partial charge in [-0.25, -0.2) is 4.98 Å². The number of amides is 2. The van der Waals surface area contributed by atoms with Crippen LogP contribution >= 0.6 is 0 Å². The lowest BCUT2D eigenvalue weighted by atomic mass is 9.93. The third kappa shape index (κ3) is 5.50. The largest absolute Gasteiger partial charge is 0.371 e. The van der Waals surface area contributed by atoms with Crippen molar-refractivity contribution in [3.63, 3.8) is 0 Å². The van der Waals surface area contributed by atoms with Crippen molar-refractivity contribution >= 4 is 17.5 Å². The van der Waals surface area contributed by atoms with E-state index in [1.165, 1.54) is 24.9 Å². The summed E-state index contributed by atoms with van der Waals surface area (Å²) in [4.78, 5) is 34.2. The van der Waals surface area contributed by atoms with Gasteiger partial charge in [0.1, 0.15) is 0 Å². The fraction of sp³-hybridized carbons (Fsp3) is 0.560. The second-order valence-corrected chi connectivity index (χ2v) is 9.11. The van der Waals surface area contributed by atoms with Crippen LogP contribution in [0.5, 0.6) is 0 Å². The molecule has 32 heavy (non-hydrogen) atoms. The number of rotatable bonds is 7. The van der Waals surface area contributed by atoms with Crippen LogP contribution in [0.15, 0.2) is 36.9 Å². The number of carbonyl (C=O) groups excluding carboxylic acids is 2. The molecule has 2 saturated heterocycles. The second kappa shape index (κ2) is 10.7. The van der Waals surface area contributed by atoms with Crippen LogP contribution in [-0.2, 0) is 11.3 Å². The molecule has 0 saturated carbocycles. The Morgan fingerprint density at radius 1 is 1.12 bits per heavy atom. The summed E-state index contributed by atoms with van der Waals surface area (Å²) in [5, 5.41) is 3.00. The number of imidazole rings is 1.